The van der Waals surface area contributed by atoms with E-state index in [0.29, 0.717) is 12.1 Å². The summed E-state index contributed by atoms with van der Waals surface area (Å²) in [6, 6.07) is 17.1. The zero-order valence-corrected chi connectivity index (χ0v) is 17.0. The number of carbonyl (C=O) groups is 1. The van der Waals surface area contributed by atoms with Crippen molar-refractivity contribution in [1.82, 2.24) is 14.5 Å². The number of thiazole rings is 1. The third-order valence-electron chi connectivity index (χ3n) is 5.74. The van der Waals surface area contributed by atoms with Gasteiger partial charge in [0.05, 0.1) is 27.3 Å². The van der Waals surface area contributed by atoms with Gasteiger partial charge >= 0.3 is 0 Å². The number of hydrogen-bond donors (Lipinski definition) is 0. The Hall–Kier alpha value is -2.99. The number of aryl methyl sites for hydroxylation is 1. The van der Waals surface area contributed by atoms with Crippen LogP contribution in [0.5, 0.6) is 0 Å². The van der Waals surface area contributed by atoms with Crippen molar-refractivity contribution in [1.29, 1.82) is 0 Å². The summed E-state index contributed by atoms with van der Waals surface area (Å²) < 4.78 is 2.73. The Bertz CT molecular complexity index is 1260. The fourth-order valence-electron chi connectivity index (χ4n) is 4.21. The number of carbonyl (C=O) groups excluding carboxylic acids is 1. The molecule has 1 aliphatic heterocycles. The number of rotatable bonds is 2. The normalized spacial score (nSPS) is 17.1. The average molecular weight is 404 g/mol. The van der Waals surface area contributed by atoms with Gasteiger partial charge in [0.25, 0.3) is 11.5 Å². The molecule has 0 radical (unpaired) electrons. The summed E-state index contributed by atoms with van der Waals surface area (Å²) in [7, 11) is 1.74. The first-order chi connectivity index (χ1) is 14.1. The largest absolute Gasteiger partial charge is 0.329 e. The summed E-state index contributed by atoms with van der Waals surface area (Å²) >= 11 is 1.66. The minimum absolute atomic E-state index is 0.0449. The molecule has 0 spiro atoms. The summed E-state index contributed by atoms with van der Waals surface area (Å²) in [5, 5.41) is 1.79. The summed E-state index contributed by atoms with van der Waals surface area (Å²) in [4.78, 5) is 32.9. The fraction of sp³-hybridized carbons (Fsp3) is 0.261. The molecule has 1 atom stereocenters. The van der Waals surface area contributed by atoms with E-state index in [4.69, 9.17) is 4.98 Å². The SMILES string of the molecule is Cn1c(=O)cc(C(=O)N2CCCCC2c2nc3ccccc3s2)c2ccccc21. The second-order valence-electron chi connectivity index (χ2n) is 7.50. The van der Waals surface area contributed by atoms with Crippen molar-refractivity contribution < 1.29 is 4.79 Å². The molecule has 1 saturated heterocycles. The first kappa shape index (κ1) is 18.1. The molecule has 1 aliphatic rings. The zero-order valence-electron chi connectivity index (χ0n) is 16.2. The van der Waals surface area contributed by atoms with Crippen LogP contribution in [0.4, 0.5) is 0 Å². The maximum Gasteiger partial charge on any atom is 0.255 e. The standard InChI is InChI=1S/C23H21N3O2S/c1-25-18-10-4-2-8-15(18)16(14-21(25)27)23(28)26-13-7-6-11-19(26)22-24-17-9-3-5-12-20(17)29-22/h2-5,8-10,12,14,19H,6-7,11,13H2,1H3. The maximum atomic E-state index is 13.6. The van der Waals surface area contributed by atoms with E-state index in [1.807, 2.05) is 47.4 Å². The van der Waals surface area contributed by atoms with Crippen LogP contribution in [0, 0.1) is 0 Å². The molecule has 3 heterocycles. The van der Waals surface area contributed by atoms with Crippen molar-refractivity contribution in [2.45, 2.75) is 25.3 Å². The van der Waals surface area contributed by atoms with Gasteiger partial charge in [-0.1, -0.05) is 30.3 Å². The molecule has 1 fully saturated rings. The zero-order chi connectivity index (χ0) is 20.0. The molecule has 5 nitrogen and oxygen atoms in total. The molecule has 29 heavy (non-hydrogen) atoms. The van der Waals surface area contributed by atoms with Crippen molar-refractivity contribution in [2.75, 3.05) is 6.54 Å². The third-order valence-corrected chi connectivity index (χ3v) is 6.88. The van der Waals surface area contributed by atoms with Gasteiger partial charge in [-0.05, 0) is 37.5 Å². The van der Waals surface area contributed by atoms with Gasteiger partial charge in [0.2, 0.25) is 0 Å². The van der Waals surface area contributed by atoms with Crippen LogP contribution in [-0.4, -0.2) is 26.9 Å². The van der Waals surface area contributed by atoms with Crippen LogP contribution in [0.1, 0.15) is 40.7 Å². The summed E-state index contributed by atoms with van der Waals surface area (Å²) in [6.07, 6.45) is 2.94. The lowest BCUT2D eigenvalue weighted by Gasteiger charge is -2.34. The highest BCUT2D eigenvalue weighted by Crippen LogP contribution is 2.36. The Morgan fingerprint density at radius 2 is 1.90 bits per heavy atom. The number of amides is 1. The van der Waals surface area contributed by atoms with Crippen LogP contribution in [0.2, 0.25) is 0 Å². The smallest absolute Gasteiger partial charge is 0.255 e. The molecule has 146 valence electrons. The van der Waals surface area contributed by atoms with E-state index in [0.717, 1.165) is 45.4 Å². The average Bonchev–Trinajstić information content (AvgIpc) is 3.20. The molecule has 5 rings (SSSR count). The molecule has 1 unspecified atom stereocenters. The lowest BCUT2D eigenvalue weighted by molar-refractivity contribution is 0.0613. The predicted molar refractivity (Wildman–Crippen MR) is 116 cm³/mol. The maximum absolute atomic E-state index is 13.6. The highest BCUT2D eigenvalue weighted by atomic mass is 32.1. The molecule has 0 saturated carbocycles. The van der Waals surface area contributed by atoms with E-state index in [9.17, 15) is 9.59 Å². The Morgan fingerprint density at radius 1 is 1.10 bits per heavy atom. The lowest BCUT2D eigenvalue weighted by atomic mass is 10.00. The first-order valence-electron chi connectivity index (χ1n) is 9.89. The predicted octanol–water partition coefficient (Wildman–Crippen LogP) is 4.52. The Kier molecular flexibility index (Phi) is 4.43. The molecule has 0 bridgehead atoms. The monoisotopic (exact) mass is 403 g/mol. The number of nitrogens with zero attached hydrogens (tertiary/aromatic N) is 3. The number of piperidine rings is 1. The second-order valence-corrected chi connectivity index (χ2v) is 8.56. The van der Waals surface area contributed by atoms with Gasteiger partial charge < -0.3 is 9.47 Å². The van der Waals surface area contributed by atoms with Crippen molar-refractivity contribution in [3.8, 4) is 0 Å². The number of aromatic nitrogens is 2. The number of pyridine rings is 1. The topological polar surface area (TPSA) is 55.2 Å². The molecule has 1 amide bonds. The highest BCUT2D eigenvalue weighted by Gasteiger charge is 2.32. The first-order valence-corrected chi connectivity index (χ1v) is 10.7. The van der Waals surface area contributed by atoms with Gasteiger partial charge in [-0.15, -0.1) is 11.3 Å². The lowest BCUT2D eigenvalue weighted by Crippen LogP contribution is -2.39. The van der Waals surface area contributed by atoms with E-state index >= 15 is 0 Å². The van der Waals surface area contributed by atoms with Crippen LogP contribution in [0.25, 0.3) is 21.1 Å². The minimum Gasteiger partial charge on any atom is -0.329 e. The van der Waals surface area contributed by atoms with E-state index in [1.165, 1.54) is 6.07 Å². The van der Waals surface area contributed by atoms with Gasteiger partial charge in [0, 0.05) is 25.0 Å². The molecular weight excluding hydrogens is 382 g/mol. The molecule has 2 aromatic carbocycles. The van der Waals surface area contributed by atoms with Gasteiger partial charge in [-0.2, -0.15) is 0 Å². The van der Waals surface area contributed by atoms with Crippen LogP contribution in [0.3, 0.4) is 0 Å². The van der Waals surface area contributed by atoms with Crippen LogP contribution >= 0.6 is 11.3 Å². The number of fused-ring (bicyclic) bond motifs is 2. The Morgan fingerprint density at radius 3 is 2.76 bits per heavy atom. The second kappa shape index (κ2) is 7.12. The summed E-state index contributed by atoms with van der Waals surface area (Å²) in [6.45, 7) is 0.683. The van der Waals surface area contributed by atoms with Gasteiger partial charge in [-0.3, -0.25) is 9.59 Å². The number of likely N-dealkylation sites (tertiary alicyclic amines) is 1. The molecule has 0 aliphatic carbocycles. The highest BCUT2D eigenvalue weighted by molar-refractivity contribution is 7.18. The molecule has 6 heteroatoms. The molecule has 2 aromatic heterocycles. The van der Waals surface area contributed by atoms with Gasteiger partial charge in [-0.25, -0.2) is 4.98 Å². The van der Waals surface area contributed by atoms with Gasteiger partial charge in [0.15, 0.2) is 0 Å². The number of hydrogen-bond acceptors (Lipinski definition) is 4. The Balaban J connectivity index is 1.60. The number of para-hydroxylation sites is 2. The summed E-state index contributed by atoms with van der Waals surface area (Å²) in [5.41, 5.74) is 2.07. The summed E-state index contributed by atoms with van der Waals surface area (Å²) in [5.74, 6) is -0.0807. The van der Waals surface area contributed by atoms with E-state index in [-0.39, 0.29) is 17.5 Å². The van der Waals surface area contributed by atoms with Crippen molar-refractivity contribution in [3.63, 3.8) is 0 Å². The quantitative estimate of drug-likeness (QED) is 0.495. The molecular formula is C23H21N3O2S. The van der Waals surface area contributed by atoms with E-state index in [1.54, 1.807) is 23.0 Å². The third kappa shape index (κ3) is 3.04. The number of benzene rings is 2. The van der Waals surface area contributed by atoms with E-state index < -0.39 is 0 Å². The molecule has 4 aromatic rings. The van der Waals surface area contributed by atoms with Crippen LogP contribution in [0.15, 0.2) is 59.4 Å². The van der Waals surface area contributed by atoms with Crippen molar-refractivity contribution >= 4 is 38.4 Å². The van der Waals surface area contributed by atoms with Gasteiger partial charge in [0.1, 0.15) is 5.01 Å². The van der Waals surface area contributed by atoms with Crippen LogP contribution in [-0.2, 0) is 7.05 Å². The van der Waals surface area contributed by atoms with E-state index in [2.05, 4.69) is 6.07 Å². The van der Waals surface area contributed by atoms with Crippen molar-refractivity contribution in [2.24, 2.45) is 7.05 Å². The fourth-order valence-corrected chi connectivity index (χ4v) is 5.32. The van der Waals surface area contributed by atoms with Crippen LogP contribution < -0.4 is 5.56 Å². The van der Waals surface area contributed by atoms with Crippen molar-refractivity contribution in [3.05, 3.63) is 75.5 Å². The Labute approximate surface area is 172 Å². The molecule has 0 N–H and O–H groups in total. The minimum atomic E-state index is -0.166.